The van der Waals surface area contributed by atoms with Crippen LogP contribution in [0.25, 0.3) is 0 Å². The van der Waals surface area contributed by atoms with Gasteiger partial charge in [-0.05, 0) is 36.4 Å². The monoisotopic (exact) mass is 240 g/mol. The van der Waals surface area contributed by atoms with Crippen LogP contribution in [-0.2, 0) is 0 Å². The van der Waals surface area contributed by atoms with E-state index < -0.39 is 6.10 Å². The van der Waals surface area contributed by atoms with Crippen LogP contribution in [0.3, 0.4) is 0 Å². The smallest absolute Gasteiger partial charge is 0.0941 e. The number of rotatable bonds is 6. The third-order valence-electron chi connectivity index (χ3n) is 2.44. The summed E-state index contributed by atoms with van der Waals surface area (Å²) in [5, 5.41) is 9.95. The lowest BCUT2D eigenvalue weighted by molar-refractivity contribution is 0.143. The molecule has 0 aliphatic rings. The SMILES string of the molecule is CCSc1ccc(C(O)C(N)CCN)cc1. The fourth-order valence-electron chi connectivity index (χ4n) is 1.53. The molecule has 90 valence electrons. The quantitative estimate of drug-likeness (QED) is 0.659. The van der Waals surface area contributed by atoms with Gasteiger partial charge in [0.2, 0.25) is 0 Å². The second-order valence-electron chi connectivity index (χ2n) is 3.69. The van der Waals surface area contributed by atoms with Gasteiger partial charge >= 0.3 is 0 Å². The molecule has 0 amide bonds. The summed E-state index contributed by atoms with van der Waals surface area (Å²) < 4.78 is 0. The highest BCUT2D eigenvalue weighted by molar-refractivity contribution is 7.99. The summed E-state index contributed by atoms with van der Waals surface area (Å²) >= 11 is 1.78. The Morgan fingerprint density at radius 1 is 1.31 bits per heavy atom. The standard InChI is InChI=1S/C12H20N2OS/c1-2-16-10-5-3-9(4-6-10)12(15)11(14)7-8-13/h3-6,11-12,15H,2,7-8,13-14H2,1H3. The van der Waals surface area contributed by atoms with Gasteiger partial charge < -0.3 is 16.6 Å². The van der Waals surface area contributed by atoms with Crippen LogP contribution in [0, 0.1) is 0 Å². The summed E-state index contributed by atoms with van der Waals surface area (Å²) in [6, 6.07) is 7.61. The molecule has 0 bridgehead atoms. The Kier molecular flexibility index (Phi) is 5.84. The van der Waals surface area contributed by atoms with Gasteiger partial charge in [0.15, 0.2) is 0 Å². The zero-order valence-corrected chi connectivity index (χ0v) is 10.4. The lowest BCUT2D eigenvalue weighted by atomic mass is 10.0. The number of nitrogens with two attached hydrogens (primary N) is 2. The van der Waals surface area contributed by atoms with E-state index in [1.807, 2.05) is 24.3 Å². The molecule has 16 heavy (non-hydrogen) atoms. The van der Waals surface area contributed by atoms with Crippen molar-refractivity contribution in [2.24, 2.45) is 11.5 Å². The normalized spacial score (nSPS) is 14.8. The van der Waals surface area contributed by atoms with Crippen molar-refractivity contribution in [1.82, 2.24) is 0 Å². The summed E-state index contributed by atoms with van der Waals surface area (Å²) in [7, 11) is 0. The van der Waals surface area contributed by atoms with E-state index in [1.54, 1.807) is 11.8 Å². The van der Waals surface area contributed by atoms with Crippen LogP contribution in [0.5, 0.6) is 0 Å². The molecule has 0 heterocycles. The average Bonchev–Trinajstić information content (AvgIpc) is 2.30. The van der Waals surface area contributed by atoms with Gasteiger partial charge in [-0.1, -0.05) is 19.1 Å². The predicted octanol–water partition coefficient (Wildman–Crippen LogP) is 1.51. The van der Waals surface area contributed by atoms with Gasteiger partial charge in [-0.3, -0.25) is 0 Å². The van der Waals surface area contributed by atoms with Crippen LogP contribution in [0.1, 0.15) is 25.0 Å². The average molecular weight is 240 g/mol. The van der Waals surface area contributed by atoms with Crippen LogP contribution < -0.4 is 11.5 Å². The summed E-state index contributed by atoms with van der Waals surface area (Å²) in [6.07, 6.45) is 0.0105. The lowest BCUT2D eigenvalue weighted by Gasteiger charge is -2.18. The highest BCUT2D eigenvalue weighted by atomic mass is 32.2. The van der Waals surface area contributed by atoms with Crippen molar-refractivity contribution in [2.45, 2.75) is 30.4 Å². The number of benzene rings is 1. The van der Waals surface area contributed by atoms with E-state index in [4.69, 9.17) is 11.5 Å². The van der Waals surface area contributed by atoms with Gasteiger partial charge in [0.1, 0.15) is 0 Å². The summed E-state index contributed by atoms with van der Waals surface area (Å²) in [6.45, 7) is 2.62. The molecule has 2 unspecified atom stereocenters. The molecular formula is C12H20N2OS. The molecule has 4 heteroatoms. The number of hydrogen-bond acceptors (Lipinski definition) is 4. The minimum atomic E-state index is -0.621. The van der Waals surface area contributed by atoms with E-state index in [-0.39, 0.29) is 6.04 Å². The molecule has 3 nitrogen and oxygen atoms in total. The molecule has 0 radical (unpaired) electrons. The van der Waals surface area contributed by atoms with E-state index in [0.717, 1.165) is 11.3 Å². The lowest BCUT2D eigenvalue weighted by Crippen LogP contribution is -2.30. The Balaban J connectivity index is 2.65. The Bertz CT molecular complexity index is 302. The summed E-state index contributed by atoms with van der Waals surface area (Å²) in [4.78, 5) is 1.21. The van der Waals surface area contributed by atoms with Crippen molar-refractivity contribution >= 4 is 11.8 Å². The van der Waals surface area contributed by atoms with Gasteiger partial charge in [0, 0.05) is 10.9 Å². The maximum atomic E-state index is 9.95. The maximum absolute atomic E-state index is 9.95. The van der Waals surface area contributed by atoms with E-state index in [1.165, 1.54) is 4.90 Å². The Hall–Kier alpha value is -0.550. The summed E-state index contributed by atoms with van der Waals surface area (Å²) in [5.74, 6) is 1.05. The van der Waals surface area contributed by atoms with Crippen molar-refractivity contribution < 1.29 is 5.11 Å². The first kappa shape index (κ1) is 13.5. The fourth-order valence-corrected chi connectivity index (χ4v) is 2.19. The van der Waals surface area contributed by atoms with Crippen molar-refractivity contribution in [3.05, 3.63) is 29.8 Å². The van der Waals surface area contributed by atoms with E-state index in [9.17, 15) is 5.11 Å². The zero-order valence-electron chi connectivity index (χ0n) is 9.60. The molecule has 1 aromatic rings. The van der Waals surface area contributed by atoms with Gasteiger partial charge in [0.05, 0.1) is 6.10 Å². The predicted molar refractivity (Wildman–Crippen MR) is 69.4 cm³/mol. The molecule has 0 aliphatic carbocycles. The molecule has 0 aromatic heterocycles. The van der Waals surface area contributed by atoms with Crippen LogP contribution in [-0.4, -0.2) is 23.4 Å². The second kappa shape index (κ2) is 6.91. The van der Waals surface area contributed by atoms with Crippen LogP contribution in [0.4, 0.5) is 0 Å². The van der Waals surface area contributed by atoms with Crippen molar-refractivity contribution in [3.63, 3.8) is 0 Å². The minimum Gasteiger partial charge on any atom is -0.387 e. The first-order chi connectivity index (χ1) is 7.69. The molecule has 1 rings (SSSR count). The summed E-state index contributed by atoms with van der Waals surface area (Å²) in [5.41, 5.74) is 12.1. The van der Waals surface area contributed by atoms with Gasteiger partial charge in [0.25, 0.3) is 0 Å². The van der Waals surface area contributed by atoms with Crippen molar-refractivity contribution in [2.75, 3.05) is 12.3 Å². The highest BCUT2D eigenvalue weighted by Gasteiger charge is 2.15. The highest BCUT2D eigenvalue weighted by Crippen LogP contribution is 2.22. The van der Waals surface area contributed by atoms with Crippen molar-refractivity contribution in [3.8, 4) is 0 Å². The van der Waals surface area contributed by atoms with Crippen LogP contribution in [0.2, 0.25) is 0 Å². The molecule has 2 atom stereocenters. The molecule has 0 spiro atoms. The Morgan fingerprint density at radius 3 is 2.44 bits per heavy atom. The molecule has 0 fully saturated rings. The van der Waals surface area contributed by atoms with Crippen molar-refractivity contribution in [1.29, 1.82) is 0 Å². The first-order valence-electron chi connectivity index (χ1n) is 5.55. The molecule has 0 aliphatic heterocycles. The number of aliphatic hydroxyl groups excluding tert-OH is 1. The first-order valence-corrected chi connectivity index (χ1v) is 6.54. The Labute approximate surface area is 101 Å². The minimum absolute atomic E-state index is 0.283. The largest absolute Gasteiger partial charge is 0.387 e. The molecule has 0 saturated heterocycles. The van der Waals surface area contributed by atoms with E-state index >= 15 is 0 Å². The molecular weight excluding hydrogens is 220 g/mol. The van der Waals surface area contributed by atoms with E-state index in [0.29, 0.717) is 13.0 Å². The maximum Gasteiger partial charge on any atom is 0.0941 e. The third-order valence-corrected chi connectivity index (χ3v) is 3.33. The second-order valence-corrected chi connectivity index (χ2v) is 5.03. The van der Waals surface area contributed by atoms with E-state index in [2.05, 4.69) is 6.92 Å². The van der Waals surface area contributed by atoms with Gasteiger partial charge in [-0.25, -0.2) is 0 Å². The molecule has 1 aromatic carbocycles. The zero-order chi connectivity index (χ0) is 12.0. The van der Waals surface area contributed by atoms with Gasteiger partial charge in [-0.2, -0.15) is 0 Å². The van der Waals surface area contributed by atoms with Gasteiger partial charge in [-0.15, -0.1) is 11.8 Å². The topological polar surface area (TPSA) is 72.3 Å². The number of thioether (sulfide) groups is 1. The third kappa shape index (κ3) is 3.79. The van der Waals surface area contributed by atoms with Crippen LogP contribution in [0.15, 0.2) is 29.2 Å². The fraction of sp³-hybridized carbons (Fsp3) is 0.500. The molecule has 0 saturated carbocycles. The Morgan fingerprint density at radius 2 is 1.94 bits per heavy atom. The number of hydrogen-bond donors (Lipinski definition) is 3. The molecule has 5 N–H and O–H groups in total. The number of aliphatic hydroxyl groups is 1. The van der Waals surface area contributed by atoms with Crippen LogP contribution >= 0.6 is 11.8 Å².